The first kappa shape index (κ1) is 37.4. The second kappa shape index (κ2) is 22.1. The van der Waals surface area contributed by atoms with Crippen molar-refractivity contribution < 1.29 is 23.9 Å². The molecule has 0 bridgehead atoms. The summed E-state index contributed by atoms with van der Waals surface area (Å²) in [7, 11) is 3.30. The van der Waals surface area contributed by atoms with E-state index in [-0.39, 0.29) is 36.7 Å². The number of ether oxygens (including phenoxy) is 1. The molecule has 0 rings (SSSR count). The van der Waals surface area contributed by atoms with Gasteiger partial charge in [0.25, 0.3) is 0 Å². The summed E-state index contributed by atoms with van der Waals surface area (Å²) in [5.41, 5.74) is 0. The summed E-state index contributed by atoms with van der Waals surface area (Å²) in [6.07, 6.45) is 13.2. The van der Waals surface area contributed by atoms with E-state index in [4.69, 9.17) is 4.74 Å². The summed E-state index contributed by atoms with van der Waals surface area (Å²) in [6, 6.07) is -1.81. The van der Waals surface area contributed by atoms with E-state index in [0.717, 1.165) is 44.9 Å². The van der Waals surface area contributed by atoms with E-state index in [2.05, 4.69) is 30.7 Å². The van der Waals surface area contributed by atoms with Gasteiger partial charge in [-0.2, -0.15) is 0 Å². The maximum absolute atomic E-state index is 13.5. The Morgan fingerprint density at radius 2 is 1.55 bits per heavy atom. The molecule has 4 atom stereocenters. The molecule has 0 aromatic carbocycles. The van der Waals surface area contributed by atoms with Crippen molar-refractivity contribution in [1.82, 2.24) is 15.5 Å². The molecule has 0 aliphatic rings. The van der Waals surface area contributed by atoms with Crippen molar-refractivity contribution in [2.45, 2.75) is 117 Å². The second-order valence-corrected chi connectivity index (χ2v) is 11.4. The minimum Gasteiger partial charge on any atom is -0.464 e. The highest BCUT2D eigenvalue weighted by Crippen LogP contribution is 2.22. The molecule has 0 saturated carbocycles. The number of carbonyl (C=O) groups is 4. The number of rotatable bonds is 23. The van der Waals surface area contributed by atoms with Crippen molar-refractivity contribution in [2.75, 3.05) is 20.7 Å². The van der Waals surface area contributed by atoms with E-state index in [1.54, 1.807) is 27.1 Å². The first-order valence-corrected chi connectivity index (χ1v) is 15.2. The van der Waals surface area contributed by atoms with Gasteiger partial charge in [-0.15, -0.1) is 13.2 Å². The highest BCUT2D eigenvalue weighted by atomic mass is 16.5. The maximum atomic E-state index is 13.5. The lowest BCUT2D eigenvalue weighted by atomic mass is 9.91. The lowest BCUT2D eigenvalue weighted by Crippen LogP contribution is -2.53. The Labute approximate surface area is 243 Å². The summed E-state index contributed by atoms with van der Waals surface area (Å²) >= 11 is 0. The van der Waals surface area contributed by atoms with Gasteiger partial charge in [0.2, 0.25) is 17.7 Å². The van der Waals surface area contributed by atoms with Crippen molar-refractivity contribution >= 4 is 23.7 Å². The highest BCUT2D eigenvalue weighted by Gasteiger charge is 2.32. The maximum Gasteiger partial charge on any atom is 0.328 e. The molecule has 40 heavy (non-hydrogen) atoms. The van der Waals surface area contributed by atoms with E-state index in [9.17, 15) is 19.2 Å². The van der Waals surface area contributed by atoms with Gasteiger partial charge < -0.3 is 20.3 Å². The average molecular weight is 564 g/mol. The van der Waals surface area contributed by atoms with Crippen LogP contribution in [0, 0.1) is 17.8 Å². The van der Waals surface area contributed by atoms with Crippen LogP contribution in [-0.4, -0.2) is 61.4 Å². The van der Waals surface area contributed by atoms with Gasteiger partial charge in [0, 0.05) is 26.4 Å². The molecular formula is C32H57N3O5. The molecule has 0 saturated heterocycles. The molecule has 0 aliphatic carbocycles. The van der Waals surface area contributed by atoms with E-state index < -0.39 is 29.9 Å². The molecule has 0 heterocycles. The molecule has 8 nitrogen and oxygen atoms in total. The van der Waals surface area contributed by atoms with Gasteiger partial charge in [0.15, 0.2) is 0 Å². The zero-order valence-electron chi connectivity index (χ0n) is 26.1. The second-order valence-electron chi connectivity index (χ2n) is 11.4. The summed E-state index contributed by atoms with van der Waals surface area (Å²) < 4.78 is 5.22. The third-order valence-electron chi connectivity index (χ3n) is 6.97. The SMILES string of the molecule is C=CCCCC(CCCCCC)CC(=O)N[C@@H](CC(C)C)C(=O)N[C@@H](CC(CC=C)C(=O)N(C)C)C(=O)OCC. The molecule has 0 radical (unpaired) electrons. The molecule has 8 heteroatoms. The Bertz CT molecular complexity index is 781. The monoisotopic (exact) mass is 563 g/mol. The van der Waals surface area contributed by atoms with E-state index in [1.807, 2.05) is 19.9 Å². The Balaban J connectivity index is 5.63. The Hall–Kier alpha value is -2.64. The van der Waals surface area contributed by atoms with Crippen LogP contribution >= 0.6 is 0 Å². The summed E-state index contributed by atoms with van der Waals surface area (Å²) in [4.78, 5) is 53.6. The lowest BCUT2D eigenvalue weighted by molar-refractivity contribution is -0.148. The Morgan fingerprint density at radius 3 is 2.10 bits per heavy atom. The number of hydrogen-bond donors (Lipinski definition) is 2. The van der Waals surface area contributed by atoms with E-state index >= 15 is 0 Å². The summed E-state index contributed by atoms with van der Waals surface area (Å²) in [5, 5.41) is 5.75. The zero-order valence-corrected chi connectivity index (χ0v) is 26.1. The largest absolute Gasteiger partial charge is 0.464 e. The number of hydrogen-bond acceptors (Lipinski definition) is 5. The zero-order chi connectivity index (χ0) is 30.5. The molecule has 0 spiro atoms. The lowest BCUT2D eigenvalue weighted by Gasteiger charge is -2.27. The van der Waals surface area contributed by atoms with Crippen LogP contribution in [0.1, 0.15) is 105 Å². The van der Waals surface area contributed by atoms with Crippen molar-refractivity contribution in [1.29, 1.82) is 0 Å². The Kier molecular flexibility index (Phi) is 20.6. The van der Waals surface area contributed by atoms with Gasteiger partial charge >= 0.3 is 5.97 Å². The standard InChI is InChI=1S/C32H57N3O5/c1-9-13-15-17-20-25(19-16-14-10-2)22-29(36)33-27(21-24(5)6)30(37)34-28(32(39)40-12-4)23-26(18-11-3)31(38)35(7)8/h10-11,24-28H,2-3,9,12-23H2,1,4-8H3,(H,33,36)(H,34,37)/t25?,26?,27-,28-/m0/s1. The topological polar surface area (TPSA) is 105 Å². The number of carbonyl (C=O) groups excluding carboxylic acids is 4. The molecule has 0 fully saturated rings. The molecule has 230 valence electrons. The van der Waals surface area contributed by atoms with Crippen LogP contribution in [0.15, 0.2) is 25.3 Å². The van der Waals surface area contributed by atoms with Crippen molar-refractivity contribution in [2.24, 2.45) is 17.8 Å². The van der Waals surface area contributed by atoms with Gasteiger partial charge in [-0.1, -0.05) is 58.6 Å². The molecule has 0 aromatic heterocycles. The predicted molar refractivity (Wildman–Crippen MR) is 162 cm³/mol. The normalized spacial score (nSPS) is 14.0. The third-order valence-corrected chi connectivity index (χ3v) is 6.97. The quantitative estimate of drug-likeness (QED) is 0.0961. The van der Waals surface area contributed by atoms with Crippen molar-refractivity contribution in [3.05, 3.63) is 25.3 Å². The van der Waals surface area contributed by atoms with Gasteiger partial charge in [0.05, 0.1) is 6.61 Å². The average Bonchev–Trinajstić information content (AvgIpc) is 2.89. The predicted octanol–water partition coefficient (Wildman–Crippen LogP) is 5.57. The molecular weight excluding hydrogens is 506 g/mol. The number of allylic oxidation sites excluding steroid dienone is 2. The highest BCUT2D eigenvalue weighted by molar-refractivity contribution is 5.91. The van der Waals surface area contributed by atoms with E-state index in [0.29, 0.717) is 19.3 Å². The van der Waals surface area contributed by atoms with Gasteiger partial charge in [-0.05, 0) is 63.7 Å². The summed E-state index contributed by atoms with van der Waals surface area (Å²) in [6.45, 7) is 15.5. The summed E-state index contributed by atoms with van der Waals surface area (Å²) in [5.74, 6) is -1.50. The first-order chi connectivity index (χ1) is 19.0. The van der Waals surface area contributed by atoms with Crippen LogP contribution in [0.4, 0.5) is 0 Å². The number of nitrogens with one attached hydrogen (secondary N) is 2. The molecule has 0 aromatic rings. The number of unbranched alkanes of at least 4 members (excludes halogenated alkanes) is 4. The smallest absolute Gasteiger partial charge is 0.328 e. The fourth-order valence-electron chi connectivity index (χ4n) is 4.86. The third kappa shape index (κ3) is 16.5. The minimum absolute atomic E-state index is 0.0824. The van der Waals surface area contributed by atoms with Crippen LogP contribution < -0.4 is 10.6 Å². The van der Waals surface area contributed by atoms with Crippen LogP contribution in [0.3, 0.4) is 0 Å². The molecule has 0 aliphatic heterocycles. The van der Waals surface area contributed by atoms with Crippen molar-refractivity contribution in [3.63, 3.8) is 0 Å². The van der Waals surface area contributed by atoms with Crippen molar-refractivity contribution in [3.8, 4) is 0 Å². The molecule has 2 N–H and O–H groups in total. The van der Waals surface area contributed by atoms with E-state index in [1.165, 1.54) is 11.3 Å². The van der Waals surface area contributed by atoms with Crippen LogP contribution in [0.5, 0.6) is 0 Å². The van der Waals surface area contributed by atoms with Gasteiger partial charge in [-0.3, -0.25) is 14.4 Å². The Morgan fingerprint density at radius 1 is 0.875 bits per heavy atom. The number of esters is 1. The molecule has 3 amide bonds. The van der Waals surface area contributed by atoms with Crippen LogP contribution in [-0.2, 0) is 23.9 Å². The minimum atomic E-state index is -1.02. The first-order valence-electron chi connectivity index (χ1n) is 15.2. The number of amides is 3. The molecule has 2 unspecified atom stereocenters. The number of nitrogens with zero attached hydrogens (tertiary/aromatic N) is 1. The van der Waals surface area contributed by atoms with Crippen LogP contribution in [0.25, 0.3) is 0 Å². The fourth-order valence-corrected chi connectivity index (χ4v) is 4.86. The fraction of sp³-hybridized carbons (Fsp3) is 0.750. The van der Waals surface area contributed by atoms with Gasteiger partial charge in [-0.25, -0.2) is 4.79 Å². The van der Waals surface area contributed by atoms with Gasteiger partial charge in [0.1, 0.15) is 12.1 Å². The van der Waals surface area contributed by atoms with Crippen LogP contribution in [0.2, 0.25) is 0 Å².